The predicted octanol–water partition coefficient (Wildman–Crippen LogP) is 1.79. The van der Waals surface area contributed by atoms with Crippen LogP contribution in [0, 0.1) is 0 Å². The quantitative estimate of drug-likeness (QED) is 0.748. The molecule has 1 saturated carbocycles. The fourth-order valence-electron chi connectivity index (χ4n) is 2.15. The average molecular weight is 205 g/mol. The maximum absolute atomic E-state index is 5.94. The van der Waals surface area contributed by atoms with Gasteiger partial charge in [-0.1, -0.05) is 11.6 Å². The van der Waals surface area contributed by atoms with Crippen molar-refractivity contribution in [2.24, 2.45) is 12.8 Å². The number of aromatic nitrogens is 2. The summed E-state index contributed by atoms with van der Waals surface area (Å²) in [5, 5.41) is 0. The van der Waals surface area contributed by atoms with Gasteiger partial charge in [0.15, 0.2) is 0 Å². The molecule has 1 atom stereocenters. The summed E-state index contributed by atoms with van der Waals surface area (Å²) in [6.07, 6.45) is 11.8. The molecule has 2 N–H and O–H groups in total. The fourth-order valence-corrected chi connectivity index (χ4v) is 2.15. The van der Waals surface area contributed by atoms with Crippen molar-refractivity contribution in [3.05, 3.63) is 29.9 Å². The van der Waals surface area contributed by atoms with Crippen LogP contribution in [0.3, 0.4) is 0 Å². The van der Waals surface area contributed by atoms with Crippen LogP contribution in [0.4, 0.5) is 0 Å². The number of hydrogen-bond acceptors (Lipinski definition) is 2. The molecule has 1 aromatic heterocycles. The normalized spacial score (nSPS) is 24.7. The van der Waals surface area contributed by atoms with E-state index in [4.69, 9.17) is 5.73 Å². The summed E-state index contributed by atoms with van der Waals surface area (Å²) < 4.78 is 2.07. The summed E-state index contributed by atoms with van der Waals surface area (Å²) in [5.41, 5.74) is 7.45. The van der Waals surface area contributed by atoms with E-state index >= 15 is 0 Å². The van der Waals surface area contributed by atoms with Gasteiger partial charge in [0.25, 0.3) is 0 Å². The van der Waals surface area contributed by atoms with E-state index in [0.717, 1.165) is 18.7 Å². The van der Waals surface area contributed by atoms with Crippen molar-refractivity contribution in [3.8, 4) is 0 Å². The third kappa shape index (κ3) is 2.69. The zero-order valence-electron chi connectivity index (χ0n) is 9.32. The maximum Gasteiger partial charge on any atom is 0.112 e. The van der Waals surface area contributed by atoms with Crippen LogP contribution < -0.4 is 5.73 Å². The number of nitrogens with zero attached hydrogens (tertiary/aromatic N) is 2. The Morgan fingerprint density at radius 2 is 2.53 bits per heavy atom. The predicted molar refractivity (Wildman–Crippen MR) is 61.4 cm³/mol. The molecule has 1 heterocycles. The molecule has 1 aliphatic carbocycles. The highest BCUT2D eigenvalue weighted by Crippen LogP contribution is 2.22. The SMILES string of the molecule is Cn1ccnc1C/C=C1/CCCC(N)C1. The molecule has 0 amide bonds. The highest BCUT2D eigenvalue weighted by Gasteiger charge is 2.12. The van der Waals surface area contributed by atoms with Gasteiger partial charge in [0.2, 0.25) is 0 Å². The summed E-state index contributed by atoms with van der Waals surface area (Å²) in [7, 11) is 2.04. The van der Waals surface area contributed by atoms with Crippen molar-refractivity contribution in [2.75, 3.05) is 0 Å². The van der Waals surface area contributed by atoms with Crippen LogP contribution in [-0.2, 0) is 13.5 Å². The summed E-state index contributed by atoms with van der Waals surface area (Å²) >= 11 is 0. The van der Waals surface area contributed by atoms with Gasteiger partial charge in [-0.3, -0.25) is 0 Å². The second-order valence-electron chi connectivity index (χ2n) is 4.38. The molecule has 3 heteroatoms. The number of allylic oxidation sites excluding steroid dienone is 1. The van der Waals surface area contributed by atoms with Gasteiger partial charge in [-0.25, -0.2) is 4.98 Å². The lowest BCUT2D eigenvalue weighted by atomic mass is 9.90. The van der Waals surface area contributed by atoms with Gasteiger partial charge in [0.1, 0.15) is 5.82 Å². The van der Waals surface area contributed by atoms with Crippen LogP contribution >= 0.6 is 0 Å². The van der Waals surface area contributed by atoms with Gasteiger partial charge in [0.05, 0.1) is 0 Å². The van der Waals surface area contributed by atoms with Crippen LogP contribution in [0.15, 0.2) is 24.0 Å². The number of aryl methyl sites for hydroxylation is 1. The van der Waals surface area contributed by atoms with E-state index in [9.17, 15) is 0 Å². The van der Waals surface area contributed by atoms with Crippen molar-refractivity contribution in [1.29, 1.82) is 0 Å². The molecule has 1 unspecified atom stereocenters. The Morgan fingerprint density at radius 3 is 3.20 bits per heavy atom. The Bertz CT molecular complexity index is 352. The second-order valence-corrected chi connectivity index (χ2v) is 4.38. The van der Waals surface area contributed by atoms with Crippen molar-refractivity contribution in [2.45, 2.75) is 38.1 Å². The van der Waals surface area contributed by atoms with Crippen LogP contribution in [0.2, 0.25) is 0 Å². The Balaban J connectivity index is 1.96. The zero-order valence-corrected chi connectivity index (χ0v) is 9.32. The first-order valence-electron chi connectivity index (χ1n) is 5.65. The molecule has 0 radical (unpaired) electrons. The van der Waals surface area contributed by atoms with E-state index in [-0.39, 0.29) is 0 Å². The summed E-state index contributed by atoms with van der Waals surface area (Å²) in [6.45, 7) is 0. The molecular formula is C12H19N3. The fraction of sp³-hybridized carbons (Fsp3) is 0.583. The molecule has 3 nitrogen and oxygen atoms in total. The van der Waals surface area contributed by atoms with E-state index in [2.05, 4.69) is 15.6 Å². The van der Waals surface area contributed by atoms with Gasteiger partial charge in [-0.05, 0) is 25.7 Å². The minimum atomic E-state index is 0.381. The van der Waals surface area contributed by atoms with Crippen molar-refractivity contribution >= 4 is 0 Å². The molecular weight excluding hydrogens is 186 g/mol. The first-order valence-corrected chi connectivity index (χ1v) is 5.65. The summed E-state index contributed by atoms with van der Waals surface area (Å²) in [4.78, 5) is 4.31. The second kappa shape index (κ2) is 4.62. The number of rotatable bonds is 2. The maximum atomic E-state index is 5.94. The molecule has 0 saturated heterocycles. The van der Waals surface area contributed by atoms with Crippen LogP contribution in [0.25, 0.3) is 0 Å². The highest BCUT2D eigenvalue weighted by atomic mass is 15.0. The van der Waals surface area contributed by atoms with Crippen molar-refractivity contribution in [1.82, 2.24) is 9.55 Å². The lowest BCUT2D eigenvalue weighted by molar-refractivity contribution is 0.516. The monoisotopic (exact) mass is 205 g/mol. The third-order valence-electron chi connectivity index (χ3n) is 3.09. The largest absolute Gasteiger partial charge is 0.338 e. The Hall–Kier alpha value is -1.09. The first kappa shape index (κ1) is 10.4. The molecule has 82 valence electrons. The minimum Gasteiger partial charge on any atom is -0.338 e. The molecule has 15 heavy (non-hydrogen) atoms. The Labute approximate surface area is 91.0 Å². The molecule has 1 aromatic rings. The molecule has 1 fully saturated rings. The van der Waals surface area contributed by atoms with Gasteiger partial charge in [0, 0.05) is 31.9 Å². The summed E-state index contributed by atoms with van der Waals surface area (Å²) in [5.74, 6) is 1.13. The van der Waals surface area contributed by atoms with E-state index in [1.54, 1.807) is 0 Å². The molecule has 0 aromatic carbocycles. The zero-order chi connectivity index (χ0) is 10.7. The van der Waals surface area contributed by atoms with Crippen LogP contribution in [0.5, 0.6) is 0 Å². The average Bonchev–Trinajstić information content (AvgIpc) is 2.61. The van der Waals surface area contributed by atoms with Crippen LogP contribution in [-0.4, -0.2) is 15.6 Å². The minimum absolute atomic E-state index is 0.381. The highest BCUT2D eigenvalue weighted by molar-refractivity contribution is 5.10. The molecule has 0 bridgehead atoms. The molecule has 1 aliphatic rings. The standard InChI is InChI=1S/C12H19N3/c1-15-8-7-14-12(15)6-5-10-3-2-4-11(13)9-10/h5,7-8,11H,2-4,6,9,13H2,1H3/b10-5-. The molecule has 2 rings (SSSR count). The smallest absolute Gasteiger partial charge is 0.112 e. The van der Waals surface area contributed by atoms with Crippen LogP contribution in [0.1, 0.15) is 31.5 Å². The van der Waals surface area contributed by atoms with Gasteiger partial charge in [-0.15, -0.1) is 0 Å². The number of nitrogens with two attached hydrogens (primary N) is 1. The van der Waals surface area contributed by atoms with Gasteiger partial charge >= 0.3 is 0 Å². The van der Waals surface area contributed by atoms with E-state index in [0.29, 0.717) is 6.04 Å². The van der Waals surface area contributed by atoms with Gasteiger partial charge < -0.3 is 10.3 Å². The third-order valence-corrected chi connectivity index (χ3v) is 3.09. The van der Waals surface area contributed by atoms with E-state index < -0.39 is 0 Å². The first-order chi connectivity index (χ1) is 7.25. The lowest BCUT2D eigenvalue weighted by Crippen LogP contribution is -2.23. The Kier molecular flexibility index (Phi) is 3.21. The van der Waals surface area contributed by atoms with E-state index in [1.165, 1.54) is 24.8 Å². The lowest BCUT2D eigenvalue weighted by Gasteiger charge is -2.20. The number of imidazole rings is 1. The molecule has 0 spiro atoms. The van der Waals surface area contributed by atoms with Crippen molar-refractivity contribution < 1.29 is 0 Å². The van der Waals surface area contributed by atoms with Crippen molar-refractivity contribution in [3.63, 3.8) is 0 Å². The topological polar surface area (TPSA) is 43.8 Å². The van der Waals surface area contributed by atoms with Gasteiger partial charge in [-0.2, -0.15) is 0 Å². The number of hydrogen-bond donors (Lipinski definition) is 1. The molecule has 0 aliphatic heterocycles. The summed E-state index contributed by atoms with van der Waals surface area (Å²) in [6, 6.07) is 0.381. The van der Waals surface area contributed by atoms with E-state index in [1.807, 2.05) is 19.4 Å². The Morgan fingerprint density at radius 1 is 1.67 bits per heavy atom.